The minimum Gasteiger partial charge on any atom is -0.502 e. The van der Waals surface area contributed by atoms with Crippen LogP contribution >= 0.6 is 11.6 Å². The van der Waals surface area contributed by atoms with Crippen LogP contribution in [0.4, 0.5) is 0 Å². The van der Waals surface area contributed by atoms with Crippen molar-refractivity contribution in [2.45, 2.75) is 12.3 Å². The van der Waals surface area contributed by atoms with Crippen molar-refractivity contribution in [3.05, 3.63) is 57.0 Å². The van der Waals surface area contributed by atoms with Gasteiger partial charge in [-0.25, -0.2) is 0 Å². The first-order chi connectivity index (χ1) is 14.3. The van der Waals surface area contributed by atoms with Gasteiger partial charge < -0.3 is 24.4 Å². The molecule has 0 saturated heterocycles. The molecule has 2 heterocycles. The SMILES string of the molecule is COC(=O)C[C@@H](c1cc(OC)c(O)c(OC)c1)c1c(O)nc2ccc(Cl)cn2c1=O. The Morgan fingerprint density at radius 3 is 2.37 bits per heavy atom. The number of hydrogen-bond acceptors (Lipinski definition) is 8. The summed E-state index contributed by atoms with van der Waals surface area (Å²) in [5.41, 5.74) is -0.207. The number of pyridine rings is 1. The Kier molecular flexibility index (Phi) is 6.02. The van der Waals surface area contributed by atoms with Gasteiger partial charge in [0.05, 0.1) is 38.3 Å². The highest BCUT2D eigenvalue weighted by Crippen LogP contribution is 2.42. The van der Waals surface area contributed by atoms with E-state index in [1.165, 1.54) is 56.2 Å². The number of esters is 1. The van der Waals surface area contributed by atoms with Crippen molar-refractivity contribution >= 4 is 23.2 Å². The van der Waals surface area contributed by atoms with Crippen LogP contribution in [-0.4, -0.2) is 46.9 Å². The number of nitrogens with zero attached hydrogens (tertiary/aromatic N) is 2. The van der Waals surface area contributed by atoms with Crippen LogP contribution in [0.3, 0.4) is 0 Å². The van der Waals surface area contributed by atoms with E-state index in [9.17, 15) is 19.8 Å². The highest BCUT2D eigenvalue weighted by molar-refractivity contribution is 6.30. The normalized spacial score (nSPS) is 11.9. The molecule has 2 N–H and O–H groups in total. The Morgan fingerprint density at radius 2 is 1.80 bits per heavy atom. The summed E-state index contributed by atoms with van der Waals surface area (Å²) in [6.07, 6.45) is 1.08. The molecule has 3 rings (SSSR count). The predicted octanol–water partition coefficient (Wildman–Crippen LogP) is 2.47. The average molecular weight is 435 g/mol. The molecule has 158 valence electrons. The molecule has 0 aliphatic carbocycles. The van der Waals surface area contributed by atoms with Crippen LogP contribution in [0, 0.1) is 0 Å². The summed E-state index contributed by atoms with van der Waals surface area (Å²) < 4.78 is 16.3. The van der Waals surface area contributed by atoms with Crippen LogP contribution in [0.5, 0.6) is 23.1 Å². The van der Waals surface area contributed by atoms with Crippen LogP contribution in [0.1, 0.15) is 23.5 Å². The maximum atomic E-state index is 13.2. The number of carbonyl (C=O) groups is 1. The third-order valence-corrected chi connectivity index (χ3v) is 4.88. The zero-order valence-electron chi connectivity index (χ0n) is 16.4. The molecule has 0 aliphatic heterocycles. The number of phenols is 1. The monoisotopic (exact) mass is 434 g/mol. The maximum absolute atomic E-state index is 13.2. The fourth-order valence-electron chi connectivity index (χ4n) is 3.17. The smallest absolute Gasteiger partial charge is 0.306 e. The Hall–Kier alpha value is -3.46. The fourth-order valence-corrected chi connectivity index (χ4v) is 3.33. The first-order valence-electron chi connectivity index (χ1n) is 8.73. The summed E-state index contributed by atoms with van der Waals surface area (Å²) in [7, 11) is 3.90. The standard InChI is InChI=1S/C20H19ClN2O7/c1-28-13-6-10(7-14(29-2)18(13)25)12(8-16(24)30-3)17-19(26)22-15-5-4-11(21)9-23(15)20(17)27/h4-7,9,12,25-26H,8H2,1-3H3/t12-/m0/s1. The summed E-state index contributed by atoms with van der Waals surface area (Å²) in [5.74, 6) is -2.25. The number of benzene rings is 1. The van der Waals surface area contributed by atoms with E-state index >= 15 is 0 Å². The number of ether oxygens (including phenoxy) is 3. The van der Waals surface area contributed by atoms with Gasteiger partial charge in [0.1, 0.15) is 5.65 Å². The molecular weight excluding hydrogens is 416 g/mol. The molecule has 0 aliphatic rings. The number of aromatic hydroxyl groups is 2. The van der Waals surface area contributed by atoms with E-state index in [1.807, 2.05) is 0 Å². The molecule has 0 radical (unpaired) electrons. The van der Waals surface area contributed by atoms with Crippen LogP contribution in [-0.2, 0) is 9.53 Å². The van der Waals surface area contributed by atoms with Crippen molar-refractivity contribution in [3.63, 3.8) is 0 Å². The van der Waals surface area contributed by atoms with Gasteiger partial charge >= 0.3 is 5.97 Å². The molecule has 30 heavy (non-hydrogen) atoms. The Labute approximate surface area is 176 Å². The molecule has 0 saturated carbocycles. The van der Waals surface area contributed by atoms with Crippen LogP contribution in [0.2, 0.25) is 5.02 Å². The number of methoxy groups -OCH3 is 3. The third-order valence-electron chi connectivity index (χ3n) is 4.65. The lowest BCUT2D eigenvalue weighted by Gasteiger charge is -2.20. The van der Waals surface area contributed by atoms with E-state index in [-0.39, 0.29) is 34.9 Å². The average Bonchev–Trinajstić information content (AvgIpc) is 2.73. The summed E-state index contributed by atoms with van der Waals surface area (Å²) in [6.45, 7) is 0. The fraction of sp³-hybridized carbons (Fsp3) is 0.250. The van der Waals surface area contributed by atoms with Crippen molar-refractivity contribution < 1.29 is 29.2 Å². The van der Waals surface area contributed by atoms with E-state index in [0.29, 0.717) is 10.6 Å². The molecule has 10 heteroatoms. The molecular formula is C20H19ClN2O7. The third kappa shape index (κ3) is 3.84. The minimum atomic E-state index is -0.975. The first kappa shape index (κ1) is 21.3. The van der Waals surface area contributed by atoms with Crippen molar-refractivity contribution in [2.75, 3.05) is 21.3 Å². The maximum Gasteiger partial charge on any atom is 0.306 e. The highest BCUT2D eigenvalue weighted by Gasteiger charge is 2.29. The lowest BCUT2D eigenvalue weighted by atomic mass is 9.89. The highest BCUT2D eigenvalue weighted by atomic mass is 35.5. The number of rotatable bonds is 6. The summed E-state index contributed by atoms with van der Waals surface area (Å²) >= 11 is 6.00. The zero-order chi connectivity index (χ0) is 22.0. The van der Waals surface area contributed by atoms with Gasteiger partial charge in [0.2, 0.25) is 11.6 Å². The van der Waals surface area contributed by atoms with Crippen molar-refractivity contribution in [3.8, 4) is 23.1 Å². The number of aromatic nitrogens is 2. The molecule has 1 aromatic carbocycles. The summed E-state index contributed by atoms with van der Waals surface area (Å²) in [6, 6.07) is 5.90. The van der Waals surface area contributed by atoms with Crippen LogP contribution < -0.4 is 15.0 Å². The van der Waals surface area contributed by atoms with Crippen molar-refractivity contribution in [1.82, 2.24) is 9.38 Å². The first-order valence-corrected chi connectivity index (χ1v) is 9.11. The Morgan fingerprint density at radius 1 is 1.17 bits per heavy atom. The second kappa shape index (κ2) is 8.50. The molecule has 0 bridgehead atoms. The molecule has 3 aromatic rings. The molecule has 1 atom stereocenters. The number of phenolic OH excluding ortho intramolecular Hbond substituents is 1. The molecule has 2 aromatic heterocycles. The van der Waals surface area contributed by atoms with Crippen molar-refractivity contribution in [1.29, 1.82) is 0 Å². The minimum absolute atomic E-state index is 0.0654. The van der Waals surface area contributed by atoms with Gasteiger partial charge in [-0.3, -0.25) is 14.0 Å². The molecule has 0 unspecified atom stereocenters. The van der Waals surface area contributed by atoms with Gasteiger partial charge in [-0.2, -0.15) is 4.98 Å². The van der Waals surface area contributed by atoms with E-state index in [4.69, 9.17) is 25.8 Å². The quantitative estimate of drug-likeness (QED) is 0.568. The van der Waals surface area contributed by atoms with Gasteiger partial charge in [-0.05, 0) is 29.8 Å². The van der Waals surface area contributed by atoms with Crippen LogP contribution in [0.15, 0.2) is 35.3 Å². The Bertz CT molecular complexity index is 1150. The van der Waals surface area contributed by atoms with E-state index < -0.39 is 23.3 Å². The molecule has 0 spiro atoms. The predicted molar refractivity (Wildman–Crippen MR) is 108 cm³/mol. The topological polar surface area (TPSA) is 120 Å². The second-order valence-corrected chi connectivity index (χ2v) is 6.77. The number of carbonyl (C=O) groups excluding carboxylic acids is 1. The largest absolute Gasteiger partial charge is 0.502 e. The summed E-state index contributed by atoms with van der Waals surface area (Å²) in [5, 5.41) is 21.0. The van der Waals surface area contributed by atoms with E-state index in [1.54, 1.807) is 0 Å². The Balaban J connectivity index is 2.31. The van der Waals surface area contributed by atoms with E-state index in [0.717, 1.165) is 0 Å². The van der Waals surface area contributed by atoms with Gasteiger partial charge in [-0.15, -0.1) is 0 Å². The number of hydrogen-bond donors (Lipinski definition) is 2. The zero-order valence-corrected chi connectivity index (χ0v) is 17.1. The van der Waals surface area contributed by atoms with Gasteiger partial charge in [0.15, 0.2) is 11.5 Å². The number of halogens is 1. The van der Waals surface area contributed by atoms with Crippen LogP contribution in [0.25, 0.3) is 5.65 Å². The van der Waals surface area contributed by atoms with Gasteiger partial charge in [0.25, 0.3) is 5.56 Å². The number of fused-ring (bicyclic) bond motifs is 1. The molecule has 0 fully saturated rings. The van der Waals surface area contributed by atoms with E-state index in [2.05, 4.69) is 4.98 Å². The van der Waals surface area contributed by atoms with Crippen molar-refractivity contribution in [2.24, 2.45) is 0 Å². The lowest BCUT2D eigenvalue weighted by Crippen LogP contribution is -2.24. The van der Waals surface area contributed by atoms with Gasteiger partial charge in [-0.1, -0.05) is 11.6 Å². The lowest BCUT2D eigenvalue weighted by molar-refractivity contribution is -0.140. The summed E-state index contributed by atoms with van der Waals surface area (Å²) in [4.78, 5) is 29.4. The second-order valence-electron chi connectivity index (χ2n) is 6.34. The molecule has 0 amide bonds. The van der Waals surface area contributed by atoms with Gasteiger partial charge in [0, 0.05) is 12.1 Å². The molecule has 9 nitrogen and oxygen atoms in total.